The number of hydrogen-bond acceptors (Lipinski definition) is 8. The van der Waals surface area contributed by atoms with E-state index in [1.165, 1.54) is 0 Å². The van der Waals surface area contributed by atoms with E-state index in [0.29, 0.717) is 35.8 Å². The van der Waals surface area contributed by atoms with Gasteiger partial charge in [0.05, 0.1) is 37.4 Å². The minimum absolute atomic E-state index is 0.0146. The van der Waals surface area contributed by atoms with Gasteiger partial charge in [-0.3, -0.25) is 0 Å². The van der Waals surface area contributed by atoms with Crippen LogP contribution in [0.1, 0.15) is 12.0 Å². The Labute approximate surface area is 165 Å². The van der Waals surface area contributed by atoms with Crippen LogP contribution in [-0.2, 0) is 16.0 Å². The Balaban J connectivity index is 1.55. The highest BCUT2D eigenvalue weighted by atomic mass is 35.5. The molecule has 1 saturated heterocycles. The minimum Gasteiger partial charge on any atom is -0.423 e. The van der Waals surface area contributed by atoms with Crippen LogP contribution in [0.3, 0.4) is 0 Å². The first-order valence-corrected chi connectivity index (χ1v) is 9.08. The lowest BCUT2D eigenvalue weighted by Gasteiger charge is -2.28. The van der Waals surface area contributed by atoms with Crippen molar-refractivity contribution in [3.63, 3.8) is 0 Å². The summed E-state index contributed by atoms with van der Waals surface area (Å²) in [7, 11) is -1.04. The maximum atomic E-state index is 14.2. The van der Waals surface area contributed by atoms with E-state index in [4.69, 9.17) is 21.0 Å². The maximum Gasteiger partial charge on any atom is 0.493 e. The van der Waals surface area contributed by atoms with Crippen molar-refractivity contribution in [2.75, 3.05) is 23.8 Å². The first-order chi connectivity index (χ1) is 13.5. The molecule has 0 saturated carbocycles. The molecule has 1 fully saturated rings. The topological polar surface area (TPSA) is 112 Å². The summed E-state index contributed by atoms with van der Waals surface area (Å²) in [5, 5.41) is 25.3. The summed E-state index contributed by atoms with van der Waals surface area (Å²) in [5.74, 6) is -0.776. The number of benzene rings is 1. The molecule has 0 bridgehead atoms. The standard InChI is InChI=1S/C17H16BClFN5O3/c19-12-4-11(3-10-7-28-18(26)15(10)12)23-17-22-6-13(20)16(25-17)24-14-8-27-2-1-9(14)5-21/h3-4,6,9,14,26H,1-2,7-8H2,(H2,22,23,24,25)/t9?,14-/m0/s1. The summed E-state index contributed by atoms with van der Waals surface area (Å²) in [4.78, 5) is 8.12. The van der Waals surface area contributed by atoms with Gasteiger partial charge in [-0.05, 0) is 24.1 Å². The predicted molar refractivity (Wildman–Crippen MR) is 101 cm³/mol. The molecule has 28 heavy (non-hydrogen) atoms. The molecule has 1 aromatic carbocycles. The van der Waals surface area contributed by atoms with Crippen LogP contribution in [-0.4, -0.2) is 41.4 Å². The second kappa shape index (κ2) is 7.89. The highest BCUT2D eigenvalue weighted by molar-refractivity contribution is 6.65. The van der Waals surface area contributed by atoms with E-state index in [2.05, 4.69) is 26.7 Å². The summed E-state index contributed by atoms with van der Waals surface area (Å²) in [5.41, 5.74) is 1.86. The summed E-state index contributed by atoms with van der Waals surface area (Å²) >= 11 is 6.22. The third kappa shape index (κ3) is 3.75. The highest BCUT2D eigenvalue weighted by Crippen LogP contribution is 2.25. The predicted octanol–water partition coefficient (Wildman–Crippen LogP) is 1.57. The zero-order chi connectivity index (χ0) is 19.7. The van der Waals surface area contributed by atoms with Crippen LogP contribution in [0.15, 0.2) is 18.3 Å². The van der Waals surface area contributed by atoms with Gasteiger partial charge in [-0.2, -0.15) is 10.2 Å². The lowest BCUT2D eigenvalue weighted by molar-refractivity contribution is 0.0697. The second-order valence-electron chi connectivity index (χ2n) is 6.56. The monoisotopic (exact) mass is 403 g/mol. The molecule has 2 aliphatic rings. The van der Waals surface area contributed by atoms with Gasteiger partial charge < -0.3 is 25.0 Å². The Morgan fingerprint density at radius 2 is 2.29 bits per heavy atom. The van der Waals surface area contributed by atoms with Gasteiger partial charge in [-0.15, -0.1) is 0 Å². The zero-order valence-electron chi connectivity index (χ0n) is 14.7. The number of rotatable bonds is 4. The average Bonchev–Trinajstić information content (AvgIpc) is 3.06. The molecule has 0 amide bonds. The van der Waals surface area contributed by atoms with Crippen molar-refractivity contribution in [3.05, 3.63) is 34.7 Å². The molecule has 2 atom stereocenters. The third-order valence-electron chi connectivity index (χ3n) is 4.70. The zero-order valence-corrected chi connectivity index (χ0v) is 15.4. The Kier molecular flexibility index (Phi) is 5.32. The van der Waals surface area contributed by atoms with E-state index >= 15 is 0 Å². The molecule has 3 heterocycles. The molecule has 11 heteroatoms. The fraction of sp³-hybridized carbons (Fsp3) is 0.353. The molecule has 0 aliphatic carbocycles. The molecular weight excluding hydrogens is 387 g/mol. The number of nitrogens with zero attached hydrogens (tertiary/aromatic N) is 3. The molecule has 4 rings (SSSR count). The van der Waals surface area contributed by atoms with Crippen LogP contribution in [0.2, 0.25) is 5.02 Å². The van der Waals surface area contributed by atoms with E-state index in [-0.39, 0.29) is 30.3 Å². The Bertz CT molecular complexity index is 944. The van der Waals surface area contributed by atoms with E-state index in [9.17, 15) is 14.7 Å². The average molecular weight is 404 g/mol. The summed E-state index contributed by atoms with van der Waals surface area (Å²) in [6.07, 6.45) is 1.62. The van der Waals surface area contributed by atoms with Crippen LogP contribution < -0.4 is 16.1 Å². The van der Waals surface area contributed by atoms with Gasteiger partial charge in [-0.25, -0.2) is 9.37 Å². The number of aromatic nitrogens is 2. The summed E-state index contributed by atoms with van der Waals surface area (Å²) in [6, 6.07) is 5.23. The number of nitriles is 1. The number of hydrogen-bond donors (Lipinski definition) is 3. The van der Waals surface area contributed by atoms with Crippen LogP contribution in [0.25, 0.3) is 0 Å². The molecule has 1 aromatic heterocycles. The first kappa shape index (κ1) is 18.9. The van der Waals surface area contributed by atoms with E-state index in [1.54, 1.807) is 12.1 Å². The van der Waals surface area contributed by atoms with Crippen molar-refractivity contribution in [3.8, 4) is 6.07 Å². The Morgan fingerprint density at radius 1 is 1.43 bits per heavy atom. The molecule has 0 spiro atoms. The van der Waals surface area contributed by atoms with Crippen molar-refractivity contribution in [2.24, 2.45) is 5.92 Å². The Morgan fingerprint density at radius 3 is 3.11 bits per heavy atom. The van der Waals surface area contributed by atoms with Crippen molar-refractivity contribution in [1.29, 1.82) is 5.26 Å². The molecule has 3 N–H and O–H groups in total. The van der Waals surface area contributed by atoms with E-state index < -0.39 is 12.9 Å². The van der Waals surface area contributed by atoms with Crippen LogP contribution in [0.4, 0.5) is 21.8 Å². The smallest absolute Gasteiger partial charge is 0.423 e. The van der Waals surface area contributed by atoms with Gasteiger partial charge in [0.25, 0.3) is 0 Å². The number of ether oxygens (including phenoxy) is 1. The van der Waals surface area contributed by atoms with Gasteiger partial charge in [-0.1, -0.05) is 11.6 Å². The molecule has 2 aliphatic heterocycles. The normalized spacial score (nSPS) is 21.1. The number of fused-ring (bicyclic) bond motifs is 1. The van der Waals surface area contributed by atoms with Crippen LogP contribution in [0, 0.1) is 23.1 Å². The molecule has 1 unspecified atom stereocenters. The molecular formula is C17H16BClFN5O3. The fourth-order valence-electron chi connectivity index (χ4n) is 3.26. The van der Waals surface area contributed by atoms with E-state index in [1.807, 2.05) is 0 Å². The molecule has 8 nitrogen and oxygen atoms in total. The quantitative estimate of drug-likeness (QED) is 0.660. The fourth-order valence-corrected chi connectivity index (χ4v) is 3.60. The molecule has 2 aromatic rings. The number of nitrogens with one attached hydrogen (secondary N) is 2. The highest BCUT2D eigenvalue weighted by Gasteiger charge is 2.30. The molecule has 144 valence electrons. The largest absolute Gasteiger partial charge is 0.493 e. The van der Waals surface area contributed by atoms with Crippen molar-refractivity contribution in [2.45, 2.75) is 19.1 Å². The summed E-state index contributed by atoms with van der Waals surface area (Å²) < 4.78 is 24.7. The Hall–Kier alpha value is -2.45. The number of halogens is 2. The van der Waals surface area contributed by atoms with Gasteiger partial charge in [0.1, 0.15) is 0 Å². The van der Waals surface area contributed by atoms with Gasteiger partial charge >= 0.3 is 7.12 Å². The minimum atomic E-state index is -1.04. The lowest BCUT2D eigenvalue weighted by atomic mass is 9.79. The molecule has 0 radical (unpaired) electrons. The van der Waals surface area contributed by atoms with E-state index in [0.717, 1.165) is 11.8 Å². The first-order valence-electron chi connectivity index (χ1n) is 8.70. The summed E-state index contributed by atoms with van der Waals surface area (Å²) in [6.45, 7) is 1.04. The van der Waals surface area contributed by atoms with Crippen molar-refractivity contribution >= 4 is 41.6 Å². The van der Waals surface area contributed by atoms with Gasteiger partial charge in [0, 0.05) is 22.8 Å². The third-order valence-corrected chi connectivity index (χ3v) is 5.02. The maximum absolute atomic E-state index is 14.2. The van der Waals surface area contributed by atoms with Crippen LogP contribution in [0.5, 0.6) is 0 Å². The van der Waals surface area contributed by atoms with Gasteiger partial charge in [0.2, 0.25) is 5.95 Å². The lowest BCUT2D eigenvalue weighted by Crippen LogP contribution is -2.38. The second-order valence-corrected chi connectivity index (χ2v) is 6.97. The SMILES string of the molecule is N#CC1CCOC[C@@H]1Nc1nc(Nc2cc(Cl)c3c(c2)COB3O)ncc1F. The van der Waals surface area contributed by atoms with Gasteiger partial charge in [0.15, 0.2) is 11.6 Å². The number of anilines is 3. The van der Waals surface area contributed by atoms with Crippen molar-refractivity contribution in [1.82, 2.24) is 9.97 Å². The van der Waals surface area contributed by atoms with Crippen molar-refractivity contribution < 1.29 is 18.8 Å². The van der Waals surface area contributed by atoms with Crippen LogP contribution >= 0.6 is 11.6 Å².